The Bertz CT molecular complexity index is 779. The normalized spacial score (nSPS) is 10.4. The molecule has 120 valence electrons. The quantitative estimate of drug-likeness (QED) is 0.870. The number of amides is 1. The third-order valence-electron chi connectivity index (χ3n) is 3.11. The third kappa shape index (κ3) is 3.82. The Balaban J connectivity index is 2.17. The van der Waals surface area contributed by atoms with Crippen molar-refractivity contribution in [2.45, 2.75) is 19.9 Å². The van der Waals surface area contributed by atoms with Crippen LogP contribution < -0.4 is 10.9 Å². The van der Waals surface area contributed by atoms with Crippen molar-refractivity contribution in [3.05, 3.63) is 58.0 Å². The van der Waals surface area contributed by atoms with E-state index in [9.17, 15) is 14.4 Å². The van der Waals surface area contributed by atoms with Crippen LogP contribution in [0.25, 0.3) is 0 Å². The molecule has 0 spiro atoms. The summed E-state index contributed by atoms with van der Waals surface area (Å²) in [5.41, 5.74) is 0.762. The van der Waals surface area contributed by atoms with E-state index >= 15 is 0 Å². The van der Waals surface area contributed by atoms with E-state index in [4.69, 9.17) is 0 Å². The second-order valence-corrected chi connectivity index (χ2v) is 5.12. The fourth-order valence-corrected chi connectivity index (χ4v) is 1.92. The van der Waals surface area contributed by atoms with Crippen molar-refractivity contribution in [1.82, 2.24) is 9.78 Å². The summed E-state index contributed by atoms with van der Waals surface area (Å²) in [7, 11) is 1.30. The lowest BCUT2D eigenvalue weighted by Crippen LogP contribution is -2.27. The molecule has 7 heteroatoms. The molecule has 1 heterocycles. The fraction of sp³-hybridized carbons (Fsp3) is 0.250. The number of ether oxygens (including phenoxy) is 1. The molecule has 0 fully saturated rings. The van der Waals surface area contributed by atoms with Crippen LogP contribution in [0, 0.1) is 0 Å². The lowest BCUT2D eigenvalue weighted by atomic mass is 10.2. The van der Waals surface area contributed by atoms with Gasteiger partial charge in [-0.25, -0.2) is 9.48 Å². The van der Waals surface area contributed by atoms with E-state index in [2.05, 4.69) is 15.2 Å². The van der Waals surface area contributed by atoms with Gasteiger partial charge in [0.2, 0.25) is 0 Å². The highest BCUT2D eigenvalue weighted by molar-refractivity contribution is 6.03. The van der Waals surface area contributed by atoms with Gasteiger partial charge in [0.25, 0.3) is 11.5 Å². The van der Waals surface area contributed by atoms with E-state index in [-0.39, 0.29) is 17.3 Å². The Kier molecular flexibility index (Phi) is 4.90. The summed E-state index contributed by atoms with van der Waals surface area (Å²) in [6.45, 7) is 3.61. The number of nitrogens with one attached hydrogen (secondary N) is 1. The van der Waals surface area contributed by atoms with Gasteiger partial charge in [-0.05, 0) is 44.2 Å². The number of hydrogen-bond acceptors (Lipinski definition) is 5. The summed E-state index contributed by atoms with van der Waals surface area (Å²) in [4.78, 5) is 35.2. The molecule has 1 aromatic heterocycles. The number of hydrogen-bond donors (Lipinski definition) is 1. The minimum atomic E-state index is -0.450. The standard InChI is InChI=1S/C16H17N3O4/c1-10(2)19-14(20)9-8-13(18-19)15(21)17-12-6-4-11(5-7-12)16(22)23-3/h4-10H,1-3H3,(H,17,21). The molecule has 23 heavy (non-hydrogen) atoms. The summed E-state index contributed by atoms with van der Waals surface area (Å²) < 4.78 is 5.85. The van der Waals surface area contributed by atoms with Crippen LogP contribution in [0.5, 0.6) is 0 Å². The first-order valence-corrected chi connectivity index (χ1v) is 7.02. The van der Waals surface area contributed by atoms with Crippen LogP contribution in [0.15, 0.2) is 41.2 Å². The highest BCUT2D eigenvalue weighted by Gasteiger charge is 2.12. The van der Waals surface area contributed by atoms with E-state index in [1.807, 2.05) is 13.8 Å². The van der Waals surface area contributed by atoms with Crippen LogP contribution in [0.3, 0.4) is 0 Å². The predicted octanol–water partition coefficient (Wildman–Crippen LogP) is 1.86. The molecule has 0 bridgehead atoms. The van der Waals surface area contributed by atoms with E-state index in [1.54, 1.807) is 24.3 Å². The Hall–Kier alpha value is -2.96. The van der Waals surface area contributed by atoms with Crippen molar-refractivity contribution in [3.8, 4) is 0 Å². The van der Waals surface area contributed by atoms with E-state index in [0.29, 0.717) is 11.3 Å². The molecule has 0 aliphatic heterocycles. The molecule has 0 aliphatic carbocycles. The minimum absolute atomic E-state index is 0.135. The summed E-state index contributed by atoms with van der Waals surface area (Å²) in [6.07, 6.45) is 0. The molecule has 2 aromatic rings. The number of rotatable bonds is 4. The van der Waals surface area contributed by atoms with Gasteiger partial charge in [-0.2, -0.15) is 5.10 Å². The monoisotopic (exact) mass is 315 g/mol. The zero-order chi connectivity index (χ0) is 17.0. The highest BCUT2D eigenvalue weighted by Crippen LogP contribution is 2.11. The summed E-state index contributed by atoms with van der Waals surface area (Å²) in [5.74, 6) is -0.890. The van der Waals surface area contributed by atoms with Crippen molar-refractivity contribution in [2.75, 3.05) is 12.4 Å². The van der Waals surface area contributed by atoms with Crippen LogP contribution in [0.2, 0.25) is 0 Å². The number of aromatic nitrogens is 2. The van der Waals surface area contributed by atoms with Gasteiger partial charge >= 0.3 is 5.97 Å². The molecule has 1 aromatic carbocycles. The summed E-state index contributed by atoms with van der Waals surface area (Å²) in [5, 5.41) is 6.70. The van der Waals surface area contributed by atoms with Crippen LogP contribution >= 0.6 is 0 Å². The Morgan fingerprint density at radius 2 is 1.78 bits per heavy atom. The first kappa shape index (κ1) is 16.4. The number of anilines is 1. The van der Waals surface area contributed by atoms with Gasteiger partial charge in [-0.15, -0.1) is 0 Å². The zero-order valence-corrected chi connectivity index (χ0v) is 13.1. The fourth-order valence-electron chi connectivity index (χ4n) is 1.92. The number of benzene rings is 1. The molecule has 2 rings (SSSR count). The average Bonchev–Trinajstić information content (AvgIpc) is 2.54. The summed E-state index contributed by atoms with van der Waals surface area (Å²) in [6, 6.07) is 8.80. The molecule has 0 atom stereocenters. The zero-order valence-electron chi connectivity index (χ0n) is 13.1. The molecule has 0 unspecified atom stereocenters. The Labute approximate surface area is 132 Å². The van der Waals surface area contributed by atoms with E-state index in [1.165, 1.54) is 23.9 Å². The van der Waals surface area contributed by atoms with Crippen molar-refractivity contribution < 1.29 is 14.3 Å². The van der Waals surface area contributed by atoms with Crippen molar-refractivity contribution in [2.24, 2.45) is 0 Å². The molecule has 1 amide bonds. The van der Waals surface area contributed by atoms with Gasteiger partial charge < -0.3 is 10.1 Å². The van der Waals surface area contributed by atoms with Gasteiger partial charge in [0.05, 0.1) is 18.7 Å². The van der Waals surface area contributed by atoms with Crippen molar-refractivity contribution >= 4 is 17.6 Å². The first-order valence-electron chi connectivity index (χ1n) is 7.02. The molecular formula is C16H17N3O4. The van der Waals surface area contributed by atoms with Gasteiger partial charge in [-0.3, -0.25) is 9.59 Å². The maximum absolute atomic E-state index is 12.2. The topological polar surface area (TPSA) is 90.3 Å². The van der Waals surface area contributed by atoms with Gasteiger partial charge in [0, 0.05) is 11.8 Å². The molecular weight excluding hydrogens is 298 g/mol. The van der Waals surface area contributed by atoms with Gasteiger partial charge in [0.15, 0.2) is 0 Å². The van der Waals surface area contributed by atoms with E-state index in [0.717, 1.165) is 0 Å². The number of nitrogens with zero attached hydrogens (tertiary/aromatic N) is 2. The number of carbonyl (C=O) groups excluding carboxylic acids is 2. The minimum Gasteiger partial charge on any atom is -0.465 e. The largest absolute Gasteiger partial charge is 0.465 e. The van der Waals surface area contributed by atoms with Crippen LogP contribution in [0.1, 0.15) is 40.7 Å². The lowest BCUT2D eigenvalue weighted by molar-refractivity contribution is 0.0600. The van der Waals surface area contributed by atoms with E-state index < -0.39 is 11.9 Å². The van der Waals surface area contributed by atoms with Crippen LogP contribution in [-0.2, 0) is 4.74 Å². The summed E-state index contributed by atoms with van der Waals surface area (Å²) >= 11 is 0. The highest BCUT2D eigenvalue weighted by atomic mass is 16.5. The van der Waals surface area contributed by atoms with Crippen molar-refractivity contribution in [1.29, 1.82) is 0 Å². The first-order chi connectivity index (χ1) is 10.9. The molecule has 7 nitrogen and oxygen atoms in total. The van der Waals surface area contributed by atoms with Gasteiger partial charge in [0.1, 0.15) is 5.69 Å². The number of carbonyl (C=O) groups is 2. The molecule has 0 radical (unpaired) electrons. The Morgan fingerprint density at radius 3 is 2.35 bits per heavy atom. The molecule has 0 aliphatic rings. The second-order valence-electron chi connectivity index (χ2n) is 5.12. The average molecular weight is 315 g/mol. The maximum atomic E-state index is 12.2. The Morgan fingerprint density at radius 1 is 1.13 bits per heavy atom. The number of esters is 1. The lowest BCUT2D eigenvalue weighted by Gasteiger charge is -2.10. The SMILES string of the molecule is COC(=O)c1ccc(NC(=O)c2ccc(=O)n(C(C)C)n2)cc1. The maximum Gasteiger partial charge on any atom is 0.337 e. The second kappa shape index (κ2) is 6.87. The molecule has 0 saturated heterocycles. The third-order valence-corrected chi connectivity index (χ3v) is 3.11. The number of methoxy groups -OCH3 is 1. The van der Waals surface area contributed by atoms with Crippen LogP contribution in [-0.4, -0.2) is 28.8 Å². The van der Waals surface area contributed by atoms with Gasteiger partial charge in [-0.1, -0.05) is 0 Å². The molecule has 0 saturated carbocycles. The van der Waals surface area contributed by atoms with Crippen LogP contribution in [0.4, 0.5) is 5.69 Å². The van der Waals surface area contributed by atoms with Crippen molar-refractivity contribution in [3.63, 3.8) is 0 Å². The molecule has 1 N–H and O–H groups in total. The predicted molar refractivity (Wildman–Crippen MR) is 84.6 cm³/mol. The smallest absolute Gasteiger partial charge is 0.337 e.